The number of hydrogen-bond acceptors (Lipinski definition) is 2. The maximum Gasteiger partial charge on any atom is 0.123 e. The Bertz CT molecular complexity index is 302. The van der Waals surface area contributed by atoms with Crippen LogP contribution in [0.4, 0.5) is 0 Å². The van der Waals surface area contributed by atoms with Gasteiger partial charge >= 0.3 is 0 Å². The van der Waals surface area contributed by atoms with Crippen LogP contribution in [0.5, 0.6) is 5.75 Å². The third-order valence-electron chi connectivity index (χ3n) is 2.24. The second-order valence-electron chi connectivity index (χ2n) is 3.53. The molecule has 0 radical (unpaired) electrons. The number of alkyl halides is 1. The summed E-state index contributed by atoms with van der Waals surface area (Å²) in [6, 6.07) is 6.29. The van der Waals surface area contributed by atoms with Crippen molar-refractivity contribution in [3.63, 3.8) is 0 Å². The van der Waals surface area contributed by atoms with Crippen LogP contribution in [0.3, 0.4) is 0 Å². The van der Waals surface area contributed by atoms with Crippen molar-refractivity contribution in [2.45, 2.75) is 19.9 Å². The van der Waals surface area contributed by atoms with Crippen molar-refractivity contribution >= 4 is 22.6 Å². The number of rotatable bonds is 6. The first-order chi connectivity index (χ1) is 7.27. The molecule has 0 atom stereocenters. The van der Waals surface area contributed by atoms with E-state index in [9.17, 15) is 0 Å². The third kappa shape index (κ3) is 4.38. The highest BCUT2D eigenvalue weighted by molar-refractivity contribution is 14.1. The SMILES string of the molecule is COc1ccc(C)cc1CNCCCI. The molecule has 1 aromatic carbocycles. The monoisotopic (exact) mass is 319 g/mol. The minimum atomic E-state index is 0.890. The average molecular weight is 319 g/mol. The van der Waals surface area contributed by atoms with Gasteiger partial charge in [-0.15, -0.1) is 0 Å². The van der Waals surface area contributed by atoms with Gasteiger partial charge in [-0.1, -0.05) is 40.3 Å². The van der Waals surface area contributed by atoms with Gasteiger partial charge in [0.1, 0.15) is 5.75 Å². The second-order valence-corrected chi connectivity index (χ2v) is 4.61. The Kier molecular flexibility index (Phi) is 6.02. The standard InChI is InChI=1S/C12H18INO/c1-10-4-5-12(15-2)11(8-10)9-14-7-3-6-13/h4-5,8,14H,3,6-7,9H2,1-2H3. The van der Waals surface area contributed by atoms with Gasteiger partial charge < -0.3 is 10.1 Å². The summed E-state index contributed by atoms with van der Waals surface area (Å²) in [5, 5.41) is 3.42. The molecule has 0 saturated heterocycles. The van der Waals surface area contributed by atoms with Crippen LogP contribution in [0.1, 0.15) is 17.5 Å². The maximum atomic E-state index is 5.32. The van der Waals surface area contributed by atoms with Crippen LogP contribution in [0.15, 0.2) is 18.2 Å². The molecule has 0 aliphatic rings. The van der Waals surface area contributed by atoms with Gasteiger partial charge in [0.05, 0.1) is 7.11 Å². The van der Waals surface area contributed by atoms with Crippen LogP contribution < -0.4 is 10.1 Å². The zero-order valence-corrected chi connectivity index (χ0v) is 11.5. The highest BCUT2D eigenvalue weighted by Gasteiger charge is 2.01. The lowest BCUT2D eigenvalue weighted by Gasteiger charge is -2.10. The summed E-state index contributed by atoms with van der Waals surface area (Å²) in [6.45, 7) is 4.06. The lowest BCUT2D eigenvalue weighted by molar-refractivity contribution is 0.407. The number of nitrogens with one attached hydrogen (secondary N) is 1. The first kappa shape index (κ1) is 12.8. The number of hydrogen-bond donors (Lipinski definition) is 1. The highest BCUT2D eigenvalue weighted by Crippen LogP contribution is 2.19. The molecule has 3 heteroatoms. The van der Waals surface area contributed by atoms with Gasteiger partial charge in [0, 0.05) is 16.5 Å². The molecule has 0 aromatic heterocycles. The molecule has 0 amide bonds. The fraction of sp³-hybridized carbons (Fsp3) is 0.500. The predicted molar refractivity (Wildman–Crippen MR) is 72.9 cm³/mol. The Hall–Kier alpha value is -0.290. The number of ether oxygens (including phenoxy) is 1. The molecule has 0 spiro atoms. The van der Waals surface area contributed by atoms with Crippen LogP contribution in [0.2, 0.25) is 0 Å². The van der Waals surface area contributed by atoms with Gasteiger partial charge in [0.25, 0.3) is 0 Å². The van der Waals surface area contributed by atoms with E-state index in [1.807, 2.05) is 6.07 Å². The van der Waals surface area contributed by atoms with Gasteiger partial charge in [0.2, 0.25) is 0 Å². The summed E-state index contributed by atoms with van der Waals surface area (Å²) in [4.78, 5) is 0. The van der Waals surface area contributed by atoms with E-state index < -0.39 is 0 Å². The van der Waals surface area contributed by atoms with Crippen molar-refractivity contribution < 1.29 is 4.74 Å². The second kappa shape index (κ2) is 7.06. The largest absolute Gasteiger partial charge is 0.496 e. The molecule has 1 N–H and O–H groups in total. The molecule has 1 rings (SSSR count). The predicted octanol–water partition coefficient (Wildman–Crippen LogP) is 2.92. The van der Waals surface area contributed by atoms with Crippen LogP contribution in [0.25, 0.3) is 0 Å². The van der Waals surface area contributed by atoms with Crippen molar-refractivity contribution in [3.05, 3.63) is 29.3 Å². The Morgan fingerprint density at radius 2 is 2.20 bits per heavy atom. The average Bonchev–Trinajstić information content (AvgIpc) is 2.25. The van der Waals surface area contributed by atoms with E-state index in [-0.39, 0.29) is 0 Å². The Labute approximate surface area is 106 Å². The van der Waals surface area contributed by atoms with Crippen LogP contribution in [0, 0.1) is 6.92 Å². The minimum absolute atomic E-state index is 0.890. The van der Waals surface area contributed by atoms with E-state index >= 15 is 0 Å². The topological polar surface area (TPSA) is 21.3 Å². The van der Waals surface area contributed by atoms with E-state index in [1.165, 1.54) is 22.0 Å². The zero-order valence-electron chi connectivity index (χ0n) is 9.35. The molecular formula is C12H18INO. The zero-order chi connectivity index (χ0) is 11.1. The van der Waals surface area contributed by atoms with Gasteiger partial charge in [-0.2, -0.15) is 0 Å². The summed E-state index contributed by atoms with van der Waals surface area (Å²) in [6.07, 6.45) is 1.22. The molecule has 0 unspecified atom stereocenters. The van der Waals surface area contributed by atoms with E-state index in [0.717, 1.165) is 18.8 Å². The van der Waals surface area contributed by atoms with E-state index in [2.05, 4.69) is 47.0 Å². The molecule has 15 heavy (non-hydrogen) atoms. The highest BCUT2D eigenvalue weighted by atomic mass is 127. The first-order valence-corrected chi connectivity index (χ1v) is 6.70. The molecule has 84 valence electrons. The molecule has 0 aliphatic heterocycles. The number of aryl methyl sites for hydroxylation is 1. The molecule has 0 heterocycles. The Morgan fingerprint density at radius 1 is 1.40 bits per heavy atom. The fourth-order valence-electron chi connectivity index (χ4n) is 1.46. The smallest absolute Gasteiger partial charge is 0.123 e. The number of methoxy groups -OCH3 is 1. The van der Waals surface area contributed by atoms with Gasteiger partial charge in [-0.05, 0) is 26.0 Å². The summed E-state index contributed by atoms with van der Waals surface area (Å²) >= 11 is 2.40. The minimum Gasteiger partial charge on any atom is -0.496 e. The Morgan fingerprint density at radius 3 is 2.87 bits per heavy atom. The van der Waals surface area contributed by atoms with Crippen molar-refractivity contribution in [2.75, 3.05) is 18.1 Å². The summed E-state index contributed by atoms with van der Waals surface area (Å²) in [5.74, 6) is 0.975. The molecule has 0 aliphatic carbocycles. The van der Waals surface area contributed by atoms with Crippen LogP contribution in [-0.2, 0) is 6.54 Å². The van der Waals surface area contributed by atoms with Crippen molar-refractivity contribution in [1.82, 2.24) is 5.32 Å². The van der Waals surface area contributed by atoms with Gasteiger partial charge in [-0.25, -0.2) is 0 Å². The maximum absolute atomic E-state index is 5.32. The summed E-state index contributed by atoms with van der Waals surface area (Å²) < 4.78 is 6.52. The first-order valence-electron chi connectivity index (χ1n) is 5.18. The van der Waals surface area contributed by atoms with Crippen molar-refractivity contribution in [1.29, 1.82) is 0 Å². The van der Waals surface area contributed by atoms with Gasteiger partial charge in [-0.3, -0.25) is 0 Å². The molecule has 0 fully saturated rings. The molecular weight excluding hydrogens is 301 g/mol. The Balaban J connectivity index is 2.54. The van der Waals surface area contributed by atoms with E-state index in [4.69, 9.17) is 4.74 Å². The quantitative estimate of drug-likeness (QED) is 0.494. The molecule has 0 bridgehead atoms. The van der Waals surface area contributed by atoms with E-state index in [1.54, 1.807) is 7.11 Å². The lowest BCUT2D eigenvalue weighted by atomic mass is 10.1. The summed E-state index contributed by atoms with van der Waals surface area (Å²) in [5.41, 5.74) is 2.52. The molecule has 2 nitrogen and oxygen atoms in total. The van der Waals surface area contributed by atoms with Crippen molar-refractivity contribution in [3.8, 4) is 5.75 Å². The molecule has 1 aromatic rings. The van der Waals surface area contributed by atoms with Gasteiger partial charge in [0.15, 0.2) is 0 Å². The third-order valence-corrected chi connectivity index (χ3v) is 3.00. The summed E-state index contributed by atoms with van der Waals surface area (Å²) in [7, 11) is 1.72. The van der Waals surface area contributed by atoms with Crippen LogP contribution >= 0.6 is 22.6 Å². The number of halogens is 1. The number of benzene rings is 1. The normalized spacial score (nSPS) is 10.3. The fourth-order valence-corrected chi connectivity index (χ4v) is 1.84. The van der Waals surface area contributed by atoms with Crippen LogP contribution in [-0.4, -0.2) is 18.1 Å². The molecule has 0 saturated carbocycles. The van der Waals surface area contributed by atoms with Crippen molar-refractivity contribution in [2.24, 2.45) is 0 Å². The van der Waals surface area contributed by atoms with E-state index in [0.29, 0.717) is 0 Å². The lowest BCUT2D eigenvalue weighted by Crippen LogP contribution is -2.15.